The van der Waals surface area contributed by atoms with Crippen molar-refractivity contribution in [2.24, 2.45) is 0 Å². The Labute approximate surface area is 418 Å². The van der Waals surface area contributed by atoms with Crippen molar-refractivity contribution >= 4 is 11.9 Å². The molecule has 0 amide bonds. The molecular formula is C63H98O5. The third kappa shape index (κ3) is 54.1. The van der Waals surface area contributed by atoms with Crippen LogP contribution in [0.3, 0.4) is 0 Å². The van der Waals surface area contributed by atoms with Crippen molar-refractivity contribution in [3.8, 4) is 0 Å². The van der Waals surface area contributed by atoms with E-state index in [1.54, 1.807) is 0 Å². The quantitative estimate of drug-likeness (QED) is 0.0346. The molecule has 0 aromatic heterocycles. The molecule has 0 rings (SSSR count). The lowest BCUT2D eigenvalue weighted by Gasteiger charge is -2.18. The van der Waals surface area contributed by atoms with E-state index in [1.807, 2.05) is 12.2 Å². The van der Waals surface area contributed by atoms with Crippen LogP contribution in [0.4, 0.5) is 0 Å². The molecule has 0 aliphatic rings. The Balaban J connectivity index is 4.56. The van der Waals surface area contributed by atoms with E-state index >= 15 is 0 Å². The minimum Gasteiger partial charge on any atom is -0.462 e. The summed E-state index contributed by atoms with van der Waals surface area (Å²) in [4.78, 5) is 25.4. The number of hydrogen-bond donors (Lipinski definition) is 0. The van der Waals surface area contributed by atoms with Gasteiger partial charge in [0.25, 0.3) is 0 Å². The van der Waals surface area contributed by atoms with Crippen molar-refractivity contribution in [1.29, 1.82) is 0 Å². The number of ether oxygens (including phenoxy) is 3. The fourth-order valence-electron chi connectivity index (χ4n) is 6.61. The zero-order valence-corrected chi connectivity index (χ0v) is 43.6. The van der Waals surface area contributed by atoms with E-state index in [4.69, 9.17) is 14.2 Å². The average Bonchev–Trinajstić information content (AvgIpc) is 3.34. The lowest BCUT2D eigenvalue weighted by molar-refractivity contribution is -0.162. The lowest BCUT2D eigenvalue weighted by atomic mass is 10.1. The van der Waals surface area contributed by atoms with Gasteiger partial charge in [-0.25, -0.2) is 0 Å². The van der Waals surface area contributed by atoms with Gasteiger partial charge in [0.05, 0.1) is 6.61 Å². The lowest BCUT2D eigenvalue weighted by Crippen LogP contribution is -2.30. The Morgan fingerprint density at radius 1 is 0.338 bits per heavy atom. The first kappa shape index (κ1) is 63.5. The first-order valence-corrected chi connectivity index (χ1v) is 27.0. The van der Waals surface area contributed by atoms with E-state index in [2.05, 4.69) is 167 Å². The number of hydrogen-bond acceptors (Lipinski definition) is 5. The Morgan fingerprint density at radius 3 is 1.06 bits per heavy atom. The van der Waals surface area contributed by atoms with Crippen LogP contribution in [0.25, 0.3) is 0 Å². The van der Waals surface area contributed by atoms with E-state index in [-0.39, 0.29) is 38.0 Å². The minimum atomic E-state index is -0.623. The molecule has 0 heterocycles. The molecule has 0 aromatic rings. The largest absolute Gasteiger partial charge is 0.462 e. The molecule has 0 saturated heterocycles. The summed E-state index contributed by atoms with van der Waals surface area (Å²) in [5, 5.41) is 0. The standard InChI is InChI=1S/C63H98O5/c1-4-7-10-13-16-19-22-25-28-30-32-34-36-38-41-44-47-50-53-56-62(64)67-60-61(59-66-58-55-52-49-46-43-40-27-24-21-18-15-12-9-6-3)68-63(65)57-54-51-48-45-42-39-37-35-33-31-29-26-23-20-17-14-11-8-5-2/h7-8,10-11,16-17,19-21,24-26,28-29,32-35,38-39,41-42,47-48,50-51,61H,4-6,9,12-15,18,22-23,27,30-31,36-37,40,43-46,49,52-60H2,1-3H3/b10-7-,11-8-,19-16-,20-17-,24-21-,28-25-,29-26-,34-32-,35-33-,41-38-,42-39-,50-47-,51-48-. The second kappa shape index (κ2) is 56.8. The van der Waals surface area contributed by atoms with E-state index < -0.39 is 6.10 Å². The molecule has 0 aromatic carbocycles. The first-order chi connectivity index (χ1) is 33.6. The molecule has 0 N–H and O–H groups in total. The highest BCUT2D eigenvalue weighted by molar-refractivity contribution is 5.70. The predicted octanol–water partition coefficient (Wildman–Crippen LogP) is 18.7. The van der Waals surface area contributed by atoms with Crippen LogP contribution >= 0.6 is 0 Å². The number of carbonyl (C=O) groups excluding carboxylic acids is 2. The summed E-state index contributed by atoms with van der Waals surface area (Å²) < 4.78 is 17.3. The van der Waals surface area contributed by atoms with Crippen molar-refractivity contribution in [2.45, 2.75) is 207 Å². The molecule has 5 heteroatoms. The second-order valence-corrected chi connectivity index (χ2v) is 17.0. The van der Waals surface area contributed by atoms with Crippen LogP contribution in [0.15, 0.2) is 158 Å². The van der Waals surface area contributed by atoms with Gasteiger partial charge in [-0.05, 0) is 122 Å². The maximum absolute atomic E-state index is 12.8. The Morgan fingerprint density at radius 2 is 0.662 bits per heavy atom. The molecule has 0 fully saturated rings. The molecule has 0 aliphatic heterocycles. The zero-order valence-electron chi connectivity index (χ0n) is 43.6. The molecule has 68 heavy (non-hydrogen) atoms. The molecule has 380 valence electrons. The summed E-state index contributed by atoms with van der Waals surface area (Å²) in [6.45, 7) is 7.39. The van der Waals surface area contributed by atoms with Crippen molar-refractivity contribution in [3.05, 3.63) is 158 Å². The Hall–Kier alpha value is -4.48. The monoisotopic (exact) mass is 935 g/mol. The van der Waals surface area contributed by atoms with Gasteiger partial charge in [-0.15, -0.1) is 0 Å². The van der Waals surface area contributed by atoms with E-state index in [9.17, 15) is 9.59 Å². The maximum atomic E-state index is 12.8. The number of rotatable bonds is 47. The molecule has 0 saturated carbocycles. The average molecular weight is 935 g/mol. The van der Waals surface area contributed by atoms with Crippen LogP contribution in [0, 0.1) is 0 Å². The van der Waals surface area contributed by atoms with Crippen LogP contribution < -0.4 is 0 Å². The van der Waals surface area contributed by atoms with Gasteiger partial charge in [0.1, 0.15) is 6.61 Å². The molecule has 0 spiro atoms. The number of allylic oxidation sites excluding steroid dienone is 26. The molecule has 1 atom stereocenters. The molecule has 5 nitrogen and oxygen atoms in total. The number of esters is 2. The molecule has 0 bridgehead atoms. The predicted molar refractivity (Wildman–Crippen MR) is 297 cm³/mol. The van der Waals surface area contributed by atoms with E-state index in [0.717, 1.165) is 89.9 Å². The van der Waals surface area contributed by atoms with Crippen LogP contribution in [0.5, 0.6) is 0 Å². The summed E-state index contributed by atoms with van der Waals surface area (Å²) in [5.41, 5.74) is 0. The van der Waals surface area contributed by atoms with Crippen LogP contribution in [-0.4, -0.2) is 37.9 Å². The normalized spacial score (nSPS) is 13.5. The highest BCUT2D eigenvalue weighted by Gasteiger charge is 2.17. The van der Waals surface area contributed by atoms with Gasteiger partial charge in [-0.2, -0.15) is 0 Å². The van der Waals surface area contributed by atoms with Gasteiger partial charge in [0, 0.05) is 19.4 Å². The number of carbonyl (C=O) groups is 2. The van der Waals surface area contributed by atoms with Gasteiger partial charge in [0.15, 0.2) is 6.10 Å². The third-order valence-corrected chi connectivity index (χ3v) is 10.6. The maximum Gasteiger partial charge on any atom is 0.306 e. The smallest absolute Gasteiger partial charge is 0.306 e. The van der Waals surface area contributed by atoms with Crippen LogP contribution in [0.1, 0.15) is 201 Å². The summed E-state index contributed by atoms with van der Waals surface area (Å²) >= 11 is 0. The van der Waals surface area contributed by atoms with Crippen molar-refractivity contribution < 1.29 is 23.8 Å². The number of unbranched alkanes of at least 4 members (excludes halogenated alkanes) is 10. The second-order valence-electron chi connectivity index (χ2n) is 17.0. The highest BCUT2D eigenvalue weighted by Crippen LogP contribution is 2.10. The summed E-state index contributed by atoms with van der Waals surface area (Å²) in [6, 6.07) is 0. The van der Waals surface area contributed by atoms with Crippen LogP contribution in [-0.2, 0) is 23.8 Å². The zero-order chi connectivity index (χ0) is 49.2. The molecule has 0 aliphatic carbocycles. The third-order valence-electron chi connectivity index (χ3n) is 10.6. The summed E-state index contributed by atoms with van der Waals surface area (Å²) in [5.74, 6) is -0.607. The minimum absolute atomic E-state index is 0.00141. The van der Waals surface area contributed by atoms with Gasteiger partial charge in [0.2, 0.25) is 0 Å². The molecular weight excluding hydrogens is 837 g/mol. The fraction of sp³-hybridized carbons (Fsp3) is 0.556. The van der Waals surface area contributed by atoms with Gasteiger partial charge in [-0.1, -0.05) is 224 Å². The Bertz CT molecular complexity index is 1520. The van der Waals surface area contributed by atoms with Gasteiger partial charge < -0.3 is 14.2 Å². The molecule has 0 radical (unpaired) electrons. The van der Waals surface area contributed by atoms with E-state index in [1.165, 1.54) is 64.2 Å². The van der Waals surface area contributed by atoms with Crippen molar-refractivity contribution in [2.75, 3.05) is 19.8 Å². The fourth-order valence-corrected chi connectivity index (χ4v) is 6.61. The van der Waals surface area contributed by atoms with Crippen molar-refractivity contribution in [1.82, 2.24) is 0 Å². The summed E-state index contributed by atoms with van der Waals surface area (Å²) in [7, 11) is 0. The van der Waals surface area contributed by atoms with Gasteiger partial charge >= 0.3 is 11.9 Å². The highest BCUT2D eigenvalue weighted by atomic mass is 16.6. The molecule has 1 unspecified atom stereocenters. The Kier molecular flexibility index (Phi) is 53.1. The van der Waals surface area contributed by atoms with E-state index in [0.29, 0.717) is 19.4 Å². The van der Waals surface area contributed by atoms with Crippen LogP contribution in [0.2, 0.25) is 0 Å². The SMILES string of the molecule is CC/C=C\C/C=C\C/C=C\C/C=C\C/C=C\C/C=C\CCC(=O)OCC(COCCCCCCCC/C=C\CCCCCC)OC(=O)CC/C=C\C/C=C\C/C=C\C/C=C\C/C=C\C/C=C\CC. The first-order valence-electron chi connectivity index (χ1n) is 27.0. The summed E-state index contributed by atoms with van der Waals surface area (Å²) in [6.07, 6.45) is 84.2. The van der Waals surface area contributed by atoms with Crippen molar-refractivity contribution in [3.63, 3.8) is 0 Å². The topological polar surface area (TPSA) is 61.8 Å². The van der Waals surface area contributed by atoms with Gasteiger partial charge in [-0.3, -0.25) is 9.59 Å².